The molecule has 15 rings (SSSR count). The van der Waals surface area contributed by atoms with Crippen molar-refractivity contribution < 1.29 is 29.7 Å². The normalized spacial score (nSPS) is 44.8. The van der Waals surface area contributed by atoms with Gasteiger partial charge in [0.05, 0.1) is 53.5 Å². The van der Waals surface area contributed by atoms with Crippen LogP contribution in [0.4, 0.5) is 0 Å². The highest BCUT2D eigenvalue weighted by Crippen LogP contribution is 2.70. The lowest BCUT2D eigenvalue weighted by molar-refractivity contribution is -0.129. The van der Waals surface area contributed by atoms with Crippen LogP contribution >= 0.6 is 15.9 Å². The van der Waals surface area contributed by atoms with E-state index in [0.717, 1.165) is 96.3 Å². The van der Waals surface area contributed by atoms with Gasteiger partial charge in [-0.05, 0) is 266 Å². The lowest BCUT2D eigenvalue weighted by Gasteiger charge is -2.58. The maximum Gasteiger partial charge on any atom is 0.159 e. The zero-order valence-corrected chi connectivity index (χ0v) is 56.4. The molecular formula is C75H118BrN9O6. The second-order valence-electron chi connectivity index (χ2n) is 33.2. The molecule has 21 atom stereocenters. The van der Waals surface area contributed by atoms with E-state index in [0.29, 0.717) is 95.6 Å². The third-order valence-corrected chi connectivity index (χ3v) is 28.7. The number of fused-ring (bicyclic) bond motifs is 15. The van der Waals surface area contributed by atoms with Crippen LogP contribution in [0.1, 0.15) is 239 Å². The summed E-state index contributed by atoms with van der Waals surface area (Å²) >= 11 is 3.41. The molecule has 9 fully saturated rings. The summed E-state index contributed by atoms with van der Waals surface area (Å²) in [6.07, 6.45) is 42.1. The molecule has 506 valence electrons. The summed E-state index contributed by atoms with van der Waals surface area (Å²) in [6, 6.07) is 0. The summed E-state index contributed by atoms with van der Waals surface area (Å²) in [4.78, 5) is 40.3. The van der Waals surface area contributed by atoms with Crippen molar-refractivity contribution in [1.29, 1.82) is 0 Å². The van der Waals surface area contributed by atoms with Crippen LogP contribution in [0.5, 0.6) is 0 Å². The van der Waals surface area contributed by atoms with E-state index in [1.165, 1.54) is 62.6 Å². The van der Waals surface area contributed by atoms with Crippen molar-refractivity contribution in [1.82, 2.24) is 30.0 Å². The maximum atomic E-state index is 13.2. The minimum atomic E-state index is -0.494. The molecule has 2 aromatic rings. The van der Waals surface area contributed by atoms with Crippen LogP contribution in [0, 0.1) is 104 Å². The Morgan fingerprint density at radius 3 is 1.22 bits per heavy atom. The first-order chi connectivity index (χ1) is 41.7. The van der Waals surface area contributed by atoms with Gasteiger partial charge in [0.2, 0.25) is 0 Å². The number of hydrogen-bond donors (Lipinski definition) is 3. The fourth-order valence-electron chi connectivity index (χ4n) is 23.1. The molecule has 2 aromatic heterocycles. The summed E-state index contributed by atoms with van der Waals surface area (Å²) in [5, 5.41) is 58.7. The number of halogens is 1. The van der Waals surface area contributed by atoms with Gasteiger partial charge in [0.25, 0.3) is 0 Å². The van der Waals surface area contributed by atoms with Crippen molar-refractivity contribution in [2.75, 3.05) is 11.9 Å². The number of ketones is 3. The minimum Gasteiger partial charge on any atom is -0.390 e. The van der Waals surface area contributed by atoms with Crippen molar-refractivity contribution >= 4 is 39.5 Å². The Morgan fingerprint density at radius 2 is 0.890 bits per heavy atom. The molecule has 0 spiro atoms. The Morgan fingerprint density at radius 1 is 0.505 bits per heavy atom. The summed E-state index contributed by atoms with van der Waals surface area (Å²) in [7, 11) is 0. The van der Waals surface area contributed by atoms with Crippen molar-refractivity contribution in [2.24, 2.45) is 119 Å². The molecule has 91 heavy (non-hydrogen) atoms. The molecular weight excluding hydrogens is 1200 g/mol. The first-order valence-electron chi connectivity index (χ1n) is 34.7. The predicted octanol–water partition coefficient (Wildman–Crippen LogP) is 16.0. The van der Waals surface area contributed by atoms with Crippen LogP contribution < -0.4 is 0 Å². The Labute approximate surface area is 555 Å². The lowest BCUT2D eigenvalue weighted by atomic mass is 9.47. The highest BCUT2D eigenvalue weighted by Gasteiger charge is 2.63. The van der Waals surface area contributed by atoms with Gasteiger partial charge in [0.15, 0.2) is 11.6 Å². The van der Waals surface area contributed by atoms with E-state index < -0.39 is 16.8 Å². The topological polar surface area (TPSA) is 210 Å². The largest absolute Gasteiger partial charge is 0.390 e. The molecule has 0 amide bonds. The highest BCUT2D eigenvalue weighted by atomic mass is 79.9. The fourth-order valence-corrected chi connectivity index (χ4v) is 23.5. The molecule has 0 unspecified atom stereocenters. The maximum absolute atomic E-state index is 13.2. The Hall–Kier alpha value is -3.86. The first-order valence-corrected chi connectivity index (χ1v) is 35.8. The number of allylic oxidation sites excluding steroid dienone is 6. The molecule has 3 N–H and O–H groups in total. The Kier molecular flexibility index (Phi) is 20.9. The number of nitrogens with zero attached hydrogens (tertiary/aromatic N) is 9. The second kappa shape index (κ2) is 26.6. The summed E-state index contributed by atoms with van der Waals surface area (Å²) in [6.45, 7) is 21.9. The standard InChI is InChI=1S/2C24H35N3O2.C22H33BrO2.C2H3N3.3CH4/c1-22(29)10-11-23(2)16(14-22)4-5-17-18-6-7-20(24(18,3)9-8-19(17)23)21(28)15-27-13-12-25-26-27;1-22(29)10-11-23(2)16(14-22)4-5-17-18-6-7-20(24(18,3)9-8-19(17)23)21(28)15-27-25-12-13-26-27;1-20(25)10-11-21(2)14(12-20)4-5-15-16-6-7-18(19(24)13-23)22(16,3)9-8-17(15)21;1-2-4-5-3-1;;;/h2*8,12-13,16-18,20,29H,4-7,9-11,14-15H2,1-3H3;8,14-16,18,25H,4-7,9-13H2,1-3H3;1H,2H2;3*1H4/t2*16-,17-,18-,20+,22+,23-,24-;14-,15-,16-,18+,20+,21-,22-;;;;/m000..../s1. The monoisotopic (exact) mass is 1320 g/mol. The third kappa shape index (κ3) is 12.9. The number of hydrogen-bond acceptors (Lipinski definition) is 13. The van der Waals surface area contributed by atoms with Gasteiger partial charge in [-0.3, -0.25) is 14.4 Å². The van der Waals surface area contributed by atoms with Gasteiger partial charge >= 0.3 is 0 Å². The smallest absolute Gasteiger partial charge is 0.159 e. The summed E-state index contributed by atoms with van der Waals surface area (Å²) in [5.41, 5.74) is 4.69. The van der Waals surface area contributed by atoms with Crippen LogP contribution in [-0.4, -0.2) is 97.5 Å². The summed E-state index contributed by atoms with van der Waals surface area (Å²) < 4.78 is 1.67. The van der Waals surface area contributed by atoms with E-state index in [1.807, 2.05) is 20.8 Å². The molecule has 12 aliphatic carbocycles. The van der Waals surface area contributed by atoms with Crippen LogP contribution in [-0.2, 0) is 27.5 Å². The molecule has 3 heterocycles. The SMILES string of the molecule is C.C.C.C1=NN=NC1.C[C@@]1(O)CC[C@]2(C)C3=CC[C@]4(C)[C@@H](C(=O)CBr)CC[C@H]4[C@@H]3CC[C@H]2C1.C[C@@]1(O)CC[C@]2(C)C3=CC[C@]4(C)[C@@H](C(=O)Cn5ccnn5)CC[C@H]4[C@@H]3CC[C@H]2C1.C[C@@]1(O)CC[C@]2(C)C3=CC[C@]4(C)[C@@H](C(=O)Cn5nccn5)CC[C@H]4[C@@H]3CC[C@H]2C1. The molecule has 0 aromatic carbocycles. The number of carbonyl (C=O) groups excluding carboxylic acids is 3. The van der Waals surface area contributed by atoms with E-state index in [9.17, 15) is 29.7 Å². The van der Waals surface area contributed by atoms with Crippen LogP contribution in [0.15, 0.2) is 75.2 Å². The van der Waals surface area contributed by atoms with Crippen LogP contribution in [0.3, 0.4) is 0 Å². The average molecular weight is 1320 g/mol. The number of rotatable bonds is 8. The van der Waals surface area contributed by atoms with Gasteiger partial charge in [-0.1, -0.05) is 120 Å². The van der Waals surface area contributed by atoms with Crippen molar-refractivity contribution in [3.8, 4) is 0 Å². The zero-order chi connectivity index (χ0) is 62.5. The quantitative estimate of drug-likeness (QED) is 0.168. The van der Waals surface area contributed by atoms with Gasteiger partial charge in [-0.25, -0.2) is 4.68 Å². The fraction of sp³-hybridized carbons (Fsp3) is 0.813. The second-order valence-corrected chi connectivity index (χ2v) is 33.8. The van der Waals surface area contributed by atoms with E-state index in [-0.39, 0.29) is 72.5 Å². The molecule has 13 aliphatic rings. The van der Waals surface area contributed by atoms with E-state index in [2.05, 4.69) is 112 Å². The van der Waals surface area contributed by atoms with Crippen molar-refractivity contribution in [3.05, 3.63) is 59.7 Å². The molecule has 15 nitrogen and oxygen atoms in total. The van der Waals surface area contributed by atoms with Gasteiger partial charge in [0, 0.05) is 24.0 Å². The van der Waals surface area contributed by atoms with Crippen molar-refractivity contribution in [3.63, 3.8) is 0 Å². The van der Waals surface area contributed by atoms with Gasteiger partial charge in [0.1, 0.15) is 18.9 Å². The zero-order valence-electron chi connectivity index (χ0n) is 54.8. The predicted molar refractivity (Wildman–Crippen MR) is 365 cm³/mol. The lowest BCUT2D eigenvalue weighted by Crippen LogP contribution is -2.51. The third-order valence-electron chi connectivity index (χ3n) is 28.1. The molecule has 9 saturated carbocycles. The average Bonchev–Trinajstić information content (AvgIpc) is 1.71. The Balaban J connectivity index is 0.000000153. The van der Waals surface area contributed by atoms with Crippen LogP contribution in [0.25, 0.3) is 0 Å². The number of aromatic nitrogens is 6. The minimum absolute atomic E-state index is 0. The van der Waals surface area contributed by atoms with Gasteiger partial charge in [-0.2, -0.15) is 20.1 Å². The first kappa shape index (κ1) is 71.4. The molecule has 1 aliphatic heterocycles. The summed E-state index contributed by atoms with van der Waals surface area (Å²) in [5.74, 6) is 7.20. The van der Waals surface area contributed by atoms with Crippen molar-refractivity contribution in [2.45, 2.75) is 269 Å². The van der Waals surface area contributed by atoms with Gasteiger partial charge in [-0.15, -0.1) is 10.2 Å². The highest BCUT2D eigenvalue weighted by molar-refractivity contribution is 9.09. The molecule has 0 bridgehead atoms. The number of carbonyl (C=O) groups is 3. The van der Waals surface area contributed by atoms with Gasteiger partial charge < -0.3 is 15.3 Å². The van der Waals surface area contributed by atoms with E-state index in [4.69, 9.17) is 0 Å². The molecule has 0 radical (unpaired) electrons. The van der Waals surface area contributed by atoms with E-state index >= 15 is 0 Å². The molecule has 16 heteroatoms. The Bertz CT molecular complexity index is 2930. The number of Topliss-reactive ketones (excluding diaryl/α,β-unsaturated/α-hetero) is 3. The van der Waals surface area contributed by atoms with Crippen LogP contribution in [0.2, 0.25) is 0 Å². The number of alkyl halides is 1. The van der Waals surface area contributed by atoms with E-state index in [1.54, 1.807) is 52.4 Å². The molecule has 0 saturated heterocycles. The number of aliphatic hydroxyl groups is 3.